The van der Waals surface area contributed by atoms with Crippen LogP contribution < -0.4 is 0 Å². The van der Waals surface area contributed by atoms with Gasteiger partial charge in [0.1, 0.15) is 0 Å². The van der Waals surface area contributed by atoms with Crippen LogP contribution in [0.4, 0.5) is 0 Å². The summed E-state index contributed by atoms with van der Waals surface area (Å²) in [5, 5.41) is 0.488. The SMILES string of the molecule is CCN(CC)CCSC1CCOC(=O)C1. The maximum atomic E-state index is 11.0. The molecule has 3 nitrogen and oxygen atoms in total. The first-order valence-electron chi connectivity index (χ1n) is 5.75. The number of hydrogen-bond acceptors (Lipinski definition) is 4. The molecule has 0 N–H and O–H groups in total. The molecule has 0 aliphatic carbocycles. The average Bonchev–Trinajstić information content (AvgIpc) is 2.25. The van der Waals surface area contributed by atoms with Gasteiger partial charge in [0.2, 0.25) is 0 Å². The quantitative estimate of drug-likeness (QED) is 0.652. The first kappa shape index (κ1) is 12.8. The molecule has 88 valence electrons. The normalized spacial score (nSPS) is 21.8. The summed E-state index contributed by atoms with van der Waals surface area (Å²) in [6, 6.07) is 0. The number of ether oxygens (including phenoxy) is 1. The lowest BCUT2D eigenvalue weighted by atomic mass is 10.2. The number of cyclic esters (lactones) is 1. The zero-order valence-electron chi connectivity index (χ0n) is 9.70. The Morgan fingerprint density at radius 3 is 2.80 bits per heavy atom. The minimum Gasteiger partial charge on any atom is -0.466 e. The van der Waals surface area contributed by atoms with Gasteiger partial charge >= 0.3 is 5.97 Å². The predicted octanol–water partition coefficient (Wildman–Crippen LogP) is 1.77. The van der Waals surface area contributed by atoms with Gasteiger partial charge in [-0.1, -0.05) is 13.8 Å². The zero-order chi connectivity index (χ0) is 11.1. The Kier molecular flexibility index (Phi) is 6.10. The van der Waals surface area contributed by atoms with E-state index in [1.165, 1.54) is 0 Å². The van der Waals surface area contributed by atoms with Gasteiger partial charge in [0, 0.05) is 17.5 Å². The molecule has 0 bridgehead atoms. The van der Waals surface area contributed by atoms with Crippen molar-refractivity contribution < 1.29 is 9.53 Å². The van der Waals surface area contributed by atoms with Crippen LogP contribution in [0.3, 0.4) is 0 Å². The maximum absolute atomic E-state index is 11.0. The molecule has 1 aliphatic heterocycles. The molecule has 0 saturated carbocycles. The van der Waals surface area contributed by atoms with E-state index < -0.39 is 0 Å². The molecule has 1 unspecified atom stereocenters. The van der Waals surface area contributed by atoms with Crippen molar-refractivity contribution in [2.24, 2.45) is 0 Å². The maximum Gasteiger partial charge on any atom is 0.306 e. The number of carbonyl (C=O) groups excluding carboxylic acids is 1. The highest BCUT2D eigenvalue weighted by molar-refractivity contribution is 7.99. The van der Waals surface area contributed by atoms with Crippen molar-refractivity contribution >= 4 is 17.7 Å². The van der Waals surface area contributed by atoms with Gasteiger partial charge in [-0.25, -0.2) is 0 Å². The molecule has 0 aromatic carbocycles. The number of hydrogen-bond donors (Lipinski definition) is 0. The van der Waals surface area contributed by atoms with E-state index in [1.54, 1.807) is 0 Å². The van der Waals surface area contributed by atoms with Crippen LogP contribution in [-0.2, 0) is 9.53 Å². The third kappa shape index (κ3) is 4.89. The largest absolute Gasteiger partial charge is 0.466 e. The van der Waals surface area contributed by atoms with Gasteiger partial charge in [-0.2, -0.15) is 11.8 Å². The summed E-state index contributed by atoms with van der Waals surface area (Å²) in [7, 11) is 0. The van der Waals surface area contributed by atoms with Gasteiger partial charge in [-0.15, -0.1) is 0 Å². The molecular formula is C11H21NO2S. The fourth-order valence-corrected chi connectivity index (χ4v) is 2.90. The summed E-state index contributed by atoms with van der Waals surface area (Å²) in [5.41, 5.74) is 0. The van der Waals surface area contributed by atoms with Crippen LogP contribution >= 0.6 is 11.8 Å². The molecular weight excluding hydrogens is 210 g/mol. The van der Waals surface area contributed by atoms with Gasteiger partial charge in [0.05, 0.1) is 13.0 Å². The van der Waals surface area contributed by atoms with Gasteiger partial charge in [-0.3, -0.25) is 4.79 Å². The fourth-order valence-electron chi connectivity index (χ4n) is 1.68. The summed E-state index contributed by atoms with van der Waals surface area (Å²) in [4.78, 5) is 13.4. The Morgan fingerprint density at radius 2 is 2.20 bits per heavy atom. The van der Waals surface area contributed by atoms with Crippen LogP contribution in [0.15, 0.2) is 0 Å². The van der Waals surface area contributed by atoms with Crippen LogP contribution in [0.25, 0.3) is 0 Å². The van der Waals surface area contributed by atoms with Crippen LogP contribution in [0.5, 0.6) is 0 Å². The summed E-state index contributed by atoms with van der Waals surface area (Å²) >= 11 is 1.92. The van der Waals surface area contributed by atoms with Crippen molar-refractivity contribution in [3.8, 4) is 0 Å². The van der Waals surface area contributed by atoms with E-state index in [-0.39, 0.29) is 5.97 Å². The van der Waals surface area contributed by atoms with E-state index in [9.17, 15) is 4.79 Å². The molecule has 1 heterocycles. The van der Waals surface area contributed by atoms with Gasteiger partial charge in [0.15, 0.2) is 0 Å². The van der Waals surface area contributed by atoms with Crippen LogP contribution in [-0.4, -0.2) is 48.1 Å². The lowest BCUT2D eigenvalue weighted by Crippen LogP contribution is -2.27. The Labute approximate surface area is 96.5 Å². The Morgan fingerprint density at radius 1 is 1.47 bits per heavy atom. The molecule has 0 aromatic rings. The number of carbonyl (C=O) groups is 1. The van der Waals surface area contributed by atoms with Crippen LogP contribution in [0.2, 0.25) is 0 Å². The van der Waals surface area contributed by atoms with Crippen molar-refractivity contribution in [3.05, 3.63) is 0 Å². The van der Waals surface area contributed by atoms with E-state index in [2.05, 4.69) is 18.7 Å². The van der Waals surface area contributed by atoms with Crippen molar-refractivity contribution in [3.63, 3.8) is 0 Å². The molecule has 1 saturated heterocycles. The average molecular weight is 231 g/mol. The van der Waals surface area contributed by atoms with Crippen molar-refractivity contribution in [2.45, 2.75) is 31.9 Å². The smallest absolute Gasteiger partial charge is 0.306 e. The molecule has 0 spiro atoms. The Balaban J connectivity index is 2.11. The van der Waals surface area contributed by atoms with Crippen LogP contribution in [0.1, 0.15) is 26.7 Å². The minimum absolute atomic E-state index is 0.0263. The third-order valence-corrected chi connectivity index (χ3v) is 4.04. The minimum atomic E-state index is -0.0263. The topological polar surface area (TPSA) is 29.5 Å². The second kappa shape index (κ2) is 7.12. The molecule has 0 aromatic heterocycles. The number of esters is 1. The van der Waals surface area contributed by atoms with Crippen molar-refractivity contribution in [1.82, 2.24) is 4.90 Å². The number of thioether (sulfide) groups is 1. The molecule has 1 fully saturated rings. The highest BCUT2D eigenvalue weighted by Crippen LogP contribution is 2.22. The first-order chi connectivity index (χ1) is 7.26. The molecule has 0 amide bonds. The van der Waals surface area contributed by atoms with Gasteiger partial charge in [0.25, 0.3) is 0 Å². The molecule has 15 heavy (non-hydrogen) atoms. The van der Waals surface area contributed by atoms with Crippen molar-refractivity contribution in [2.75, 3.05) is 32.0 Å². The Bertz CT molecular complexity index is 195. The fraction of sp³-hybridized carbons (Fsp3) is 0.909. The van der Waals surface area contributed by atoms with E-state index >= 15 is 0 Å². The highest BCUT2D eigenvalue weighted by atomic mass is 32.2. The van der Waals surface area contributed by atoms with E-state index in [0.29, 0.717) is 18.3 Å². The highest BCUT2D eigenvalue weighted by Gasteiger charge is 2.20. The first-order valence-corrected chi connectivity index (χ1v) is 6.80. The zero-order valence-corrected chi connectivity index (χ0v) is 10.5. The Hall–Kier alpha value is -0.220. The summed E-state index contributed by atoms with van der Waals surface area (Å²) in [6.45, 7) is 8.34. The third-order valence-electron chi connectivity index (χ3n) is 2.75. The summed E-state index contributed by atoms with van der Waals surface area (Å²) < 4.78 is 4.92. The van der Waals surface area contributed by atoms with Crippen LogP contribution in [0, 0.1) is 0 Å². The second-order valence-electron chi connectivity index (χ2n) is 3.73. The monoisotopic (exact) mass is 231 g/mol. The summed E-state index contributed by atoms with van der Waals surface area (Å²) in [5.74, 6) is 1.10. The van der Waals surface area contributed by atoms with E-state index in [0.717, 1.165) is 31.8 Å². The second-order valence-corrected chi connectivity index (χ2v) is 5.14. The van der Waals surface area contributed by atoms with Gasteiger partial charge < -0.3 is 9.64 Å². The van der Waals surface area contributed by atoms with E-state index in [4.69, 9.17) is 4.74 Å². The van der Waals surface area contributed by atoms with Gasteiger partial charge in [-0.05, 0) is 19.5 Å². The van der Waals surface area contributed by atoms with Crippen molar-refractivity contribution in [1.29, 1.82) is 0 Å². The molecule has 0 radical (unpaired) electrons. The van der Waals surface area contributed by atoms with E-state index in [1.807, 2.05) is 11.8 Å². The lowest BCUT2D eigenvalue weighted by Gasteiger charge is -2.23. The predicted molar refractivity (Wildman–Crippen MR) is 64.2 cm³/mol. The number of nitrogens with zero attached hydrogens (tertiary/aromatic N) is 1. The number of rotatable bonds is 6. The molecule has 1 aliphatic rings. The summed E-state index contributed by atoms with van der Waals surface area (Å²) in [6.07, 6.45) is 1.62. The molecule has 1 atom stereocenters. The standard InChI is InChI=1S/C11H21NO2S/c1-3-12(4-2)6-8-15-10-5-7-14-11(13)9-10/h10H,3-9H2,1-2H3. The molecule has 1 rings (SSSR count). The molecule has 4 heteroatoms. The lowest BCUT2D eigenvalue weighted by molar-refractivity contribution is -0.146.